The van der Waals surface area contributed by atoms with Crippen LogP contribution in [0.1, 0.15) is 27.0 Å². The van der Waals surface area contributed by atoms with Crippen LogP contribution in [0.25, 0.3) is 0 Å². The highest BCUT2D eigenvalue weighted by Crippen LogP contribution is 2.17. The van der Waals surface area contributed by atoms with Crippen molar-refractivity contribution in [2.75, 3.05) is 12.4 Å². The summed E-state index contributed by atoms with van der Waals surface area (Å²) in [6.45, 7) is 3.87. The number of carbonyl (C=O) groups is 3. The van der Waals surface area contributed by atoms with E-state index in [1.54, 1.807) is 60.7 Å². The van der Waals surface area contributed by atoms with Gasteiger partial charge in [-0.1, -0.05) is 12.1 Å². The highest BCUT2D eigenvalue weighted by atomic mass is 16.5. The van der Waals surface area contributed by atoms with Crippen LogP contribution in [-0.4, -0.2) is 31.1 Å². The number of anilines is 1. The van der Waals surface area contributed by atoms with E-state index in [4.69, 9.17) is 9.47 Å². The second-order valence-corrected chi connectivity index (χ2v) is 7.14. The van der Waals surface area contributed by atoms with Gasteiger partial charge >= 0.3 is 17.8 Å². The number of rotatable bonds is 6. The maximum Gasteiger partial charge on any atom is 0.343 e. The van der Waals surface area contributed by atoms with Crippen LogP contribution in [0.3, 0.4) is 0 Å². The lowest BCUT2D eigenvalue weighted by Crippen LogP contribution is -2.32. The fourth-order valence-electron chi connectivity index (χ4n) is 2.76. The Kier molecular flexibility index (Phi) is 7.54. The van der Waals surface area contributed by atoms with E-state index in [-0.39, 0.29) is 0 Å². The zero-order chi connectivity index (χ0) is 23.8. The van der Waals surface area contributed by atoms with Gasteiger partial charge in [-0.05, 0) is 85.1 Å². The molecule has 0 saturated heterocycles. The summed E-state index contributed by atoms with van der Waals surface area (Å²) in [5, 5.41) is 6.31. The number of hydrogen-bond acceptors (Lipinski definition) is 6. The zero-order valence-electron chi connectivity index (χ0n) is 18.4. The molecular formula is C25H23N3O5. The standard InChI is InChI=1S/C25H23N3O5/c1-16-7-10-20(13-17(16)2)27-23(29)24(30)28-26-15-18-8-11-21(12-9-18)33-25(31)19-5-4-6-22(14-19)32-3/h4-15H,1-3H3,(H,27,29)(H,28,30)/b26-15+. The van der Waals surface area contributed by atoms with Gasteiger partial charge in [-0.25, -0.2) is 10.2 Å². The first kappa shape index (κ1) is 23.2. The van der Waals surface area contributed by atoms with Crippen molar-refractivity contribution in [3.05, 3.63) is 89.0 Å². The van der Waals surface area contributed by atoms with Crippen LogP contribution in [0.5, 0.6) is 11.5 Å². The van der Waals surface area contributed by atoms with Gasteiger partial charge in [-0.15, -0.1) is 0 Å². The first-order chi connectivity index (χ1) is 15.9. The molecule has 0 aliphatic carbocycles. The van der Waals surface area contributed by atoms with Crippen LogP contribution in [0.15, 0.2) is 71.8 Å². The van der Waals surface area contributed by atoms with Crippen LogP contribution < -0.4 is 20.2 Å². The largest absolute Gasteiger partial charge is 0.497 e. The van der Waals surface area contributed by atoms with Crippen molar-refractivity contribution >= 4 is 29.7 Å². The van der Waals surface area contributed by atoms with E-state index in [2.05, 4.69) is 15.8 Å². The molecule has 3 aromatic carbocycles. The Hall–Kier alpha value is -4.46. The second-order valence-electron chi connectivity index (χ2n) is 7.14. The quantitative estimate of drug-likeness (QED) is 0.198. The Labute approximate surface area is 191 Å². The number of ether oxygens (including phenoxy) is 2. The number of nitrogens with one attached hydrogen (secondary N) is 2. The SMILES string of the molecule is COc1cccc(C(=O)Oc2ccc(/C=N/NC(=O)C(=O)Nc3ccc(C)c(C)c3)cc2)c1. The Morgan fingerprint density at radius 1 is 0.848 bits per heavy atom. The number of esters is 1. The minimum absolute atomic E-state index is 0.344. The highest BCUT2D eigenvalue weighted by molar-refractivity contribution is 6.39. The van der Waals surface area contributed by atoms with E-state index < -0.39 is 17.8 Å². The molecule has 8 heteroatoms. The summed E-state index contributed by atoms with van der Waals surface area (Å²) in [5.41, 5.74) is 5.79. The summed E-state index contributed by atoms with van der Waals surface area (Å²) >= 11 is 0. The molecular weight excluding hydrogens is 422 g/mol. The fourth-order valence-corrected chi connectivity index (χ4v) is 2.76. The van der Waals surface area contributed by atoms with Gasteiger partial charge in [-0.2, -0.15) is 5.10 Å². The maximum atomic E-state index is 12.3. The van der Waals surface area contributed by atoms with E-state index in [1.807, 2.05) is 19.9 Å². The van der Waals surface area contributed by atoms with E-state index in [0.717, 1.165) is 11.1 Å². The number of hydrogen-bond donors (Lipinski definition) is 2. The average Bonchev–Trinajstić information content (AvgIpc) is 2.82. The van der Waals surface area contributed by atoms with Crippen molar-refractivity contribution in [1.82, 2.24) is 5.43 Å². The van der Waals surface area contributed by atoms with Crippen LogP contribution in [0, 0.1) is 13.8 Å². The molecule has 0 saturated carbocycles. The van der Waals surface area contributed by atoms with E-state index in [0.29, 0.717) is 28.3 Å². The Morgan fingerprint density at radius 2 is 1.61 bits per heavy atom. The number of amides is 2. The topological polar surface area (TPSA) is 106 Å². The molecule has 0 fully saturated rings. The van der Waals surface area contributed by atoms with Gasteiger partial charge in [0.1, 0.15) is 11.5 Å². The Morgan fingerprint density at radius 3 is 2.30 bits per heavy atom. The lowest BCUT2D eigenvalue weighted by Gasteiger charge is -2.07. The molecule has 0 heterocycles. The minimum Gasteiger partial charge on any atom is -0.497 e. The fraction of sp³-hybridized carbons (Fsp3) is 0.120. The molecule has 33 heavy (non-hydrogen) atoms. The maximum absolute atomic E-state index is 12.3. The minimum atomic E-state index is -0.895. The average molecular weight is 445 g/mol. The molecule has 0 atom stereocenters. The third kappa shape index (κ3) is 6.51. The third-order valence-corrected chi connectivity index (χ3v) is 4.75. The number of benzene rings is 3. The molecule has 0 aliphatic rings. The second kappa shape index (κ2) is 10.7. The number of aryl methyl sites for hydroxylation is 2. The van der Waals surface area contributed by atoms with Gasteiger partial charge in [0.2, 0.25) is 0 Å². The van der Waals surface area contributed by atoms with Crippen LogP contribution in [0.2, 0.25) is 0 Å². The lowest BCUT2D eigenvalue weighted by molar-refractivity contribution is -0.136. The van der Waals surface area contributed by atoms with Gasteiger partial charge in [0.15, 0.2) is 0 Å². The molecule has 0 aliphatic heterocycles. The van der Waals surface area contributed by atoms with Gasteiger partial charge in [0.05, 0.1) is 18.9 Å². The van der Waals surface area contributed by atoms with Crippen molar-refractivity contribution in [2.24, 2.45) is 5.10 Å². The summed E-state index contributed by atoms with van der Waals surface area (Å²) in [6, 6.07) is 18.5. The van der Waals surface area contributed by atoms with Crippen molar-refractivity contribution in [3.8, 4) is 11.5 Å². The van der Waals surface area contributed by atoms with Crippen molar-refractivity contribution in [1.29, 1.82) is 0 Å². The summed E-state index contributed by atoms with van der Waals surface area (Å²) in [6.07, 6.45) is 1.37. The van der Waals surface area contributed by atoms with Gasteiger partial charge in [0, 0.05) is 5.69 Å². The number of carbonyl (C=O) groups excluding carboxylic acids is 3. The molecule has 0 radical (unpaired) electrons. The van der Waals surface area contributed by atoms with Crippen LogP contribution in [-0.2, 0) is 9.59 Å². The normalized spacial score (nSPS) is 10.5. The monoisotopic (exact) mass is 445 g/mol. The van der Waals surface area contributed by atoms with Gasteiger partial charge in [-0.3, -0.25) is 9.59 Å². The molecule has 2 N–H and O–H groups in total. The molecule has 0 spiro atoms. The first-order valence-electron chi connectivity index (χ1n) is 10.0. The van der Waals surface area contributed by atoms with E-state index in [1.165, 1.54) is 13.3 Å². The predicted molar refractivity (Wildman–Crippen MR) is 125 cm³/mol. The Bertz CT molecular complexity index is 1200. The summed E-state index contributed by atoms with van der Waals surface area (Å²) in [7, 11) is 1.52. The first-order valence-corrected chi connectivity index (χ1v) is 10.0. The van der Waals surface area contributed by atoms with Crippen molar-refractivity contribution < 1.29 is 23.9 Å². The molecule has 3 aromatic rings. The molecule has 0 bridgehead atoms. The lowest BCUT2D eigenvalue weighted by atomic mass is 10.1. The summed E-state index contributed by atoms with van der Waals surface area (Å²) < 4.78 is 10.4. The smallest absolute Gasteiger partial charge is 0.343 e. The number of nitrogens with zero attached hydrogens (tertiary/aromatic N) is 1. The summed E-state index contributed by atoms with van der Waals surface area (Å²) in [5.74, 6) is -1.33. The van der Waals surface area contributed by atoms with Crippen LogP contribution in [0.4, 0.5) is 5.69 Å². The zero-order valence-corrected chi connectivity index (χ0v) is 18.4. The van der Waals surface area contributed by atoms with Gasteiger partial charge < -0.3 is 14.8 Å². The number of hydrazone groups is 1. The molecule has 0 unspecified atom stereocenters. The van der Waals surface area contributed by atoms with E-state index >= 15 is 0 Å². The third-order valence-electron chi connectivity index (χ3n) is 4.75. The highest BCUT2D eigenvalue weighted by Gasteiger charge is 2.13. The molecule has 2 amide bonds. The Balaban J connectivity index is 1.52. The molecule has 168 valence electrons. The predicted octanol–water partition coefficient (Wildman–Crippen LogP) is 3.62. The summed E-state index contributed by atoms with van der Waals surface area (Å²) in [4.78, 5) is 36.2. The number of methoxy groups -OCH3 is 1. The van der Waals surface area contributed by atoms with Crippen molar-refractivity contribution in [2.45, 2.75) is 13.8 Å². The van der Waals surface area contributed by atoms with Crippen LogP contribution >= 0.6 is 0 Å². The van der Waals surface area contributed by atoms with E-state index in [9.17, 15) is 14.4 Å². The molecule has 8 nitrogen and oxygen atoms in total. The molecule has 0 aromatic heterocycles. The van der Waals surface area contributed by atoms with Crippen molar-refractivity contribution in [3.63, 3.8) is 0 Å². The van der Waals surface area contributed by atoms with Gasteiger partial charge in [0.25, 0.3) is 0 Å². The molecule has 3 rings (SSSR count).